The van der Waals surface area contributed by atoms with Gasteiger partial charge in [-0.3, -0.25) is 0 Å². The van der Waals surface area contributed by atoms with E-state index in [0.717, 1.165) is 11.3 Å². The first-order valence-corrected chi connectivity index (χ1v) is 3.67. The van der Waals surface area contributed by atoms with E-state index in [1.807, 2.05) is 12.1 Å². The molecule has 0 atom stereocenters. The molecule has 1 aromatic rings. The number of nitrogens with zero attached hydrogens (tertiary/aromatic N) is 1. The molecule has 0 aromatic carbocycles. The van der Waals surface area contributed by atoms with E-state index in [9.17, 15) is 0 Å². The third kappa shape index (κ3) is 1.30. The Bertz CT molecular complexity index is 231. The third-order valence-corrected chi connectivity index (χ3v) is 2.25. The molecule has 0 amide bonds. The molecule has 1 rings (SSSR count). The van der Waals surface area contributed by atoms with Crippen LogP contribution in [-0.2, 0) is 6.42 Å². The number of nitriles is 1. The Labute approximate surface area is 58.6 Å². The highest BCUT2D eigenvalue weighted by molar-refractivity contribution is 7.12. The Kier molecular flexibility index (Phi) is 1.86. The first kappa shape index (κ1) is 6.31. The zero-order valence-corrected chi connectivity index (χ0v) is 6.03. The second kappa shape index (κ2) is 2.65. The van der Waals surface area contributed by atoms with Crippen LogP contribution in [0, 0.1) is 11.3 Å². The third-order valence-electron chi connectivity index (χ3n) is 1.12. The van der Waals surface area contributed by atoms with Gasteiger partial charge in [-0.05, 0) is 18.6 Å². The zero-order chi connectivity index (χ0) is 6.69. The van der Waals surface area contributed by atoms with E-state index in [1.165, 1.54) is 4.88 Å². The number of hydrogen-bond acceptors (Lipinski definition) is 2. The van der Waals surface area contributed by atoms with Gasteiger partial charge in [-0.1, -0.05) is 6.92 Å². The van der Waals surface area contributed by atoms with Crippen molar-refractivity contribution in [1.82, 2.24) is 0 Å². The van der Waals surface area contributed by atoms with Gasteiger partial charge in [-0.15, -0.1) is 11.3 Å². The predicted molar refractivity (Wildman–Crippen MR) is 38.4 cm³/mol. The summed E-state index contributed by atoms with van der Waals surface area (Å²) >= 11 is 1.57. The molecule has 0 saturated carbocycles. The van der Waals surface area contributed by atoms with Crippen molar-refractivity contribution < 1.29 is 0 Å². The SMILES string of the molecule is CCc1ccc(C#N)s1. The second-order valence-electron chi connectivity index (χ2n) is 1.73. The normalized spacial score (nSPS) is 8.89. The Morgan fingerprint density at radius 3 is 2.78 bits per heavy atom. The molecule has 0 aliphatic heterocycles. The van der Waals surface area contributed by atoms with Crippen LogP contribution in [0.15, 0.2) is 12.1 Å². The Morgan fingerprint density at radius 1 is 1.67 bits per heavy atom. The summed E-state index contributed by atoms with van der Waals surface area (Å²) in [7, 11) is 0. The molecule has 0 aliphatic rings. The van der Waals surface area contributed by atoms with Gasteiger partial charge in [0.05, 0.1) is 0 Å². The van der Waals surface area contributed by atoms with Crippen molar-refractivity contribution >= 4 is 11.3 Å². The number of aryl methyl sites for hydroxylation is 1. The summed E-state index contributed by atoms with van der Waals surface area (Å²) in [5.41, 5.74) is 0. The van der Waals surface area contributed by atoms with E-state index < -0.39 is 0 Å². The summed E-state index contributed by atoms with van der Waals surface area (Å²) in [5.74, 6) is 0. The number of thiophene rings is 1. The molecule has 1 aromatic heterocycles. The van der Waals surface area contributed by atoms with Crippen LogP contribution in [0.3, 0.4) is 0 Å². The van der Waals surface area contributed by atoms with E-state index in [0.29, 0.717) is 0 Å². The lowest BCUT2D eigenvalue weighted by Gasteiger charge is -1.79. The lowest BCUT2D eigenvalue weighted by molar-refractivity contribution is 1.19. The molecule has 0 unspecified atom stereocenters. The molecule has 1 heterocycles. The van der Waals surface area contributed by atoms with Gasteiger partial charge in [0.2, 0.25) is 0 Å². The van der Waals surface area contributed by atoms with Crippen LogP contribution in [0.2, 0.25) is 0 Å². The van der Waals surface area contributed by atoms with Crippen LogP contribution in [0.1, 0.15) is 16.7 Å². The standard InChI is InChI=1S/C7H7NS/c1-2-6-3-4-7(5-8)9-6/h3-4H,2H2,1H3. The number of rotatable bonds is 1. The highest BCUT2D eigenvalue weighted by Gasteiger charge is 1.93. The van der Waals surface area contributed by atoms with Crippen molar-refractivity contribution in [3.63, 3.8) is 0 Å². The van der Waals surface area contributed by atoms with Gasteiger partial charge in [-0.25, -0.2) is 0 Å². The summed E-state index contributed by atoms with van der Waals surface area (Å²) < 4.78 is 0. The summed E-state index contributed by atoms with van der Waals surface area (Å²) in [5, 5.41) is 8.41. The van der Waals surface area contributed by atoms with Gasteiger partial charge in [0.15, 0.2) is 0 Å². The minimum absolute atomic E-state index is 0.812. The number of hydrogen-bond donors (Lipinski definition) is 0. The highest BCUT2D eigenvalue weighted by atomic mass is 32.1. The monoisotopic (exact) mass is 137 g/mol. The second-order valence-corrected chi connectivity index (χ2v) is 2.90. The maximum atomic E-state index is 8.41. The van der Waals surface area contributed by atoms with Crippen LogP contribution in [0.25, 0.3) is 0 Å². The van der Waals surface area contributed by atoms with Gasteiger partial charge in [0.1, 0.15) is 10.9 Å². The quantitative estimate of drug-likeness (QED) is 0.582. The van der Waals surface area contributed by atoms with Gasteiger partial charge in [0, 0.05) is 4.88 Å². The Balaban J connectivity index is 2.90. The highest BCUT2D eigenvalue weighted by Crippen LogP contribution is 2.14. The molecule has 1 nitrogen and oxygen atoms in total. The Hall–Kier alpha value is -0.810. The summed E-state index contributed by atoms with van der Waals surface area (Å²) in [4.78, 5) is 2.10. The maximum absolute atomic E-state index is 8.41. The van der Waals surface area contributed by atoms with Crippen molar-refractivity contribution in [1.29, 1.82) is 5.26 Å². The van der Waals surface area contributed by atoms with E-state index in [4.69, 9.17) is 5.26 Å². The lowest BCUT2D eigenvalue weighted by atomic mass is 10.4. The predicted octanol–water partition coefficient (Wildman–Crippen LogP) is 2.18. The van der Waals surface area contributed by atoms with E-state index >= 15 is 0 Å². The molecule has 0 fully saturated rings. The van der Waals surface area contributed by atoms with E-state index in [2.05, 4.69) is 13.0 Å². The van der Waals surface area contributed by atoms with Crippen molar-refractivity contribution in [3.05, 3.63) is 21.9 Å². The van der Waals surface area contributed by atoms with Gasteiger partial charge >= 0.3 is 0 Å². The minimum Gasteiger partial charge on any atom is -0.192 e. The summed E-state index contributed by atoms with van der Waals surface area (Å²) in [6.07, 6.45) is 1.03. The van der Waals surface area contributed by atoms with Gasteiger partial charge in [0.25, 0.3) is 0 Å². The fourth-order valence-electron chi connectivity index (χ4n) is 0.628. The first-order valence-electron chi connectivity index (χ1n) is 2.85. The van der Waals surface area contributed by atoms with E-state index in [-0.39, 0.29) is 0 Å². The minimum atomic E-state index is 0.812. The molecule has 0 radical (unpaired) electrons. The van der Waals surface area contributed by atoms with Gasteiger partial charge < -0.3 is 0 Å². The molecular weight excluding hydrogens is 130 g/mol. The van der Waals surface area contributed by atoms with Gasteiger partial charge in [-0.2, -0.15) is 5.26 Å². The molecule has 46 valence electrons. The average Bonchev–Trinajstić information content (AvgIpc) is 2.34. The van der Waals surface area contributed by atoms with Crippen LogP contribution < -0.4 is 0 Å². The average molecular weight is 137 g/mol. The molecule has 9 heavy (non-hydrogen) atoms. The largest absolute Gasteiger partial charge is 0.192 e. The smallest absolute Gasteiger partial charge is 0.110 e. The van der Waals surface area contributed by atoms with Crippen molar-refractivity contribution in [3.8, 4) is 6.07 Å². The van der Waals surface area contributed by atoms with Crippen LogP contribution in [-0.4, -0.2) is 0 Å². The fourth-order valence-corrected chi connectivity index (χ4v) is 1.37. The van der Waals surface area contributed by atoms with Crippen molar-refractivity contribution in [2.45, 2.75) is 13.3 Å². The van der Waals surface area contributed by atoms with E-state index in [1.54, 1.807) is 11.3 Å². The molecule has 0 N–H and O–H groups in total. The van der Waals surface area contributed by atoms with Crippen LogP contribution in [0.4, 0.5) is 0 Å². The summed E-state index contributed by atoms with van der Waals surface area (Å²) in [6, 6.07) is 5.97. The van der Waals surface area contributed by atoms with Crippen molar-refractivity contribution in [2.24, 2.45) is 0 Å². The van der Waals surface area contributed by atoms with Crippen molar-refractivity contribution in [2.75, 3.05) is 0 Å². The molecule has 2 heteroatoms. The topological polar surface area (TPSA) is 23.8 Å². The van der Waals surface area contributed by atoms with Crippen LogP contribution in [0.5, 0.6) is 0 Å². The maximum Gasteiger partial charge on any atom is 0.110 e. The zero-order valence-electron chi connectivity index (χ0n) is 5.22. The molecule has 0 bridgehead atoms. The molecule has 0 aliphatic carbocycles. The molecular formula is C7H7NS. The molecule has 0 spiro atoms. The van der Waals surface area contributed by atoms with Crippen LogP contribution >= 0.6 is 11.3 Å². The molecule has 0 saturated heterocycles. The Morgan fingerprint density at radius 2 is 2.44 bits per heavy atom. The fraction of sp³-hybridized carbons (Fsp3) is 0.286. The lowest BCUT2D eigenvalue weighted by Crippen LogP contribution is -1.63. The first-order chi connectivity index (χ1) is 4.36. The summed E-state index contributed by atoms with van der Waals surface area (Å²) in [6.45, 7) is 2.09.